The van der Waals surface area contributed by atoms with E-state index in [1.165, 1.54) is 5.56 Å². The van der Waals surface area contributed by atoms with E-state index in [9.17, 15) is 5.11 Å². The molecule has 2 aliphatic rings. The van der Waals surface area contributed by atoms with E-state index >= 15 is 0 Å². The van der Waals surface area contributed by atoms with Gasteiger partial charge in [-0.3, -0.25) is 4.90 Å². The fourth-order valence-electron chi connectivity index (χ4n) is 2.70. The van der Waals surface area contributed by atoms with E-state index in [2.05, 4.69) is 29.2 Å². The predicted molar refractivity (Wildman–Crippen MR) is 61.0 cm³/mol. The molecule has 86 valence electrons. The van der Waals surface area contributed by atoms with Gasteiger partial charge >= 0.3 is 0 Å². The molecule has 0 aromatic heterocycles. The number of hydrogen-bond donors (Lipinski definition) is 1. The summed E-state index contributed by atoms with van der Waals surface area (Å²) in [5.74, 6) is 0.308. The van der Waals surface area contributed by atoms with Crippen LogP contribution in [0.25, 0.3) is 0 Å². The van der Waals surface area contributed by atoms with Gasteiger partial charge < -0.3 is 9.84 Å². The Balaban J connectivity index is 1.66. The van der Waals surface area contributed by atoms with Crippen molar-refractivity contribution in [3.63, 3.8) is 0 Å². The van der Waals surface area contributed by atoms with E-state index in [1.807, 2.05) is 6.07 Å². The standard InChI is InChI=1S/C13H17NO2/c15-13-11-7-14(8-12(13)16-9-11)6-10-4-2-1-3-5-10/h1-5,11-13,15H,6-9H2/t11-,12-,13+/m0/s1. The lowest BCUT2D eigenvalue weighted by atomic mass is 9.96. The summed E-state index contributed by atoms with van der Waals surface area (Å²) >= 11 is 0. The SMILES string of the molecule is O[C@@H]1[C@@H]2CO[C@H]1CN(Cc1ccccc1)C2. The van der Waals surface area contributed by atoms with Gasteiger partial charge in [-0.05, 0) is 5.56 Å². The van der Waals surface area contributed by atoms with Crippen LogP contribution in [0.3, 0.4) is 0 Å². The predicted octanol–water partition coefficient (Wildman–Crippen LogP) is 0.878. The Morgan fingerprint density at radius 3 is 2.81 bits per heavy atom. The Labute approximate surface area is 95.6 Å². The Kier molecular flexibility index (Phi) is 2.67. The number of benzene rings is 1. The van der Waals surface area contributed by atoms with Gasteiger partial charge in [0, 0.05) is 25.6 Å². The molecule has 1 aromatic carbocycles. The normalized spacial score (nSPS) is 34.2. The minimum Gasteiger partial charge on any atom is -0.390 e. The Morgan fingerprint density at radius 1 is 1.25 bits per heavy atom. The number of likely N-dealkylation sites (tertiary alicyclic amines) is 1. The molecule has 3 nitrogen and oxygen atoms in total. The highest BCUT2D eigenvalue weighted by Crippen LogP contribution is 2.28. The molecule has 3 rings (SSSR count). The summed E-state index contributed by atoms with van der Waals surface area (Å²) in [6.45, 7) is 3.49. The van der Waals surface area contributed by atoms with E-state index in [0.717, 1.165) is 26.2 Å². The van der Waals surface area contributed by atoms with Crippen molar-refractivity contribution in [2.45, 2.75) is 18.8 Å². The average Bonchev–Trinajstić information content (AvgIpc) is 2.54. The Bertz CT molecular complexity index is 340. The molecule has 0 radical (unpaired) electrons. The fraction of sp³-hybridized carbons (Fsp3) is 0.538. The smallest absolute Gasteiger partial charge is 0.0964 e. The van der Waals surface area contributed by atoms with Crippen LogP contribution in [0.1, 0.15) is 5.56 Å². The summed E-state index contributed by atoms with van der Waals surface area (Å²) in [6, 6.07) is 10.5. The van der Waals surface area contributed by atoms with Crippen LogP contribution < -0.4 is 0 Å². The quantitative estimate of drug-likeness (QED) is 0.801. The number of rotatable bonds is 2. The van der Waals surface area contributed by atoms with Crippen LogP contribution in [-0.4, -0.2) is 41.9 Å². The number of fused-ring (bicyclic) bond motifs is 2. The number of hydrogen-bond acceptors (Lipinski definition) is 3. The Morgan fingerprint density at radius 2 is 2.06 bits per heavy atom. The third-order valence-electron chi connectivity index (χ3n) is 3.57. The van der Waals surface area contributed by atoms with Gasteiger partial charge in [0.1, 0.15) is 0 Å². The molecule has 0 spiro atoms. The van der Waals surface area contributed by atoms with Crippen molar-refractivity contribution < 1.29 is 9.84 Å². The largest absolute Gasteiger partial charge is 0.390 e. The van der Waals surface area contributed by atoms with E-state index in [0.29, 0.717) is 5.92 Å². The van der Waals surface area contributed by atoms with Crippen LogP contribution in [0.4, 0.5) is 0 Å². The summed E-state index contributed by atoms with van der Waals surface area (Å²) in [4.78, 5) is 2.38. The average molecular weight is 219 g/mol. The summed E-state index contributed by atoms with van der Waals surface area (Å²) in [7, 11) is 0. The number of nitrogens with zero attached hydrogens (tertiary/aromatic N) is 1. The van der Waals surface area contributed by atoms with Gasteiger partial charge in [0.05, 0.1) is 18.8 Å². The maximum absolute atomic E-state index is 9.84. The van der Waals surface area contributed by atoms with Gasteiger partial charge in [0.2, 0.25) is 0 Å². The molecule has 2 fully saturated rings. The zero-order chi connectivity index (χ0) is 11.0. The lowest BCUT2D eigenvalue weighted by Crippen LogP contribution is -2.47. The minimum atomic E-state index is -0.243. The van der Waals surface area contributed by atoms with Crippen LogP contribution >= 0.6 is 0 Å². The van der Waals surface area contributed by atoms with E-state index in [-0.39, 0.29) is 12.2 Å². The highest BCUT2D eigenvalue weighted by atomic mass is 16.5. The van der Waals surface area contributed by atoms with Gasteiger partial charge in [0.25, 0.3) is 0 Å². The number of aliphatic hydroxyl groups excluding tert-OH is 1. The first-order valence-electron chi connectivity index (χ1n) is 5.89. The summed E-state index contributed by atoms with van der Waals surface area (Å²) in [6.07, 6.45) is -0.213. The monoisotopic (exact) mass is 219 g/mol. The maximum Gasteiger partial charge on any atom is 0.0964 e. The Hall–Kier alpha value is -0.900. The molecule has 1 aromatic rings. The van der Waals surface area contributed by atoms with Crippen molar-refractivity contribution in [3.8, 4) is 0 Å². The zero-order valence-corrected chi connectivity index (χ0v) is 9.25. The number of piperidine rings is 1. The highest BCUT2D eigenvalue weighted by molar-refractivity contribution is 5.14. The number of ether oxygens (including phenoxy) is 1. The topological polar surface area (TPSA) is 32.7 Å². The second-order valence-electron chi connectivity index (χ2n) is 4.80. The summed E-state index contributed by atoms with van der Waals surface area (Å²) < 4.78 is 5.57. The molecule has 0 saturated carbocycles. The molecule has 0 amide bonds. The summed E-state index contributed by atoms with van der Waals surface area (Å²) in [5, 5.41) is 9.84. The molecular formula is C13H17NO2. The van der Waals surface area contributed by atoms with Gasteiger partial charge in [-0.1, -0.05) is 30.3 Å². The van der Waals surface area contributed by atoms with E-state index < -0.39 is 0 Å². The molecule has 2 saturated heterocycles. The van der Waals surface area contributed by atoms with Crippen molar-refractivity contribution in [1.82, 2.24) is 4.90 Å². The molecule has 2 bridgehead atoms. The van der Waals surface area contributed by atoms with Gasteiger partial charge in [-0.2, -0.15) is 0 Å². The molecule has 3 heteroatoms. The van der Waals surface area contributed by atoms with Gasteiger partial charge in [-0.15, -0.1) is 0 Å². The van der Waals surface area contributed by atoms with Crippen molar-refractivity contribution in [2.75, 3.05) is 19.7 Å². The van der Waals surface area contributed by atoms with E-state index in [1.54, 1.807) is 0 Å². The molecular weight excluding hydrogens is 202 g/mol. The third-order valence-corrected chi connectivity index (χ3v) is 3.57. The molecule has 3 atom stereocenters. The number of aliphatic hydroxyl groups is 1. The van der Waals surface area contributed by atoms with Crippen LogP contribution in [0.15, 0.2) is 30.3 Å². The van der Waals surface area contributed by atoms with E-state index in [4.69, 9.17) is 4.74 Å². The second-order valence-corrected chi connectivity index (χ2v) is 4.80. The van der Waals surface area contributed by atoms with Crippen LogP contribution in [0, 0.1) is 5.92 Å². The van der Waals surface area contributed by atoms with Crippen molar-refractivity contribution in [3.05, 3.63) is 35.9 Å². The first-order chi connectivity index (χ1) is 7.83. The molecule has 16 heavy (non-hydrogen) atoms. The molecule has 2 heterocycles. The fourth-order valence-corrected chi connectivity index (χ4v) is 2.70. The molecule has 0 aliphatic carbocycles. The third kappa shape index (κ3) is 1.86. The zero-order valence-electron chi connectivity index (χ0n) is 9.25. The lowest BCUT2D eigenvalue weighted by molar-refractivity contribution is -0.0105. The molecule has 1 N–H and O–H groups in total. The van der Waals surface area contributed by atoms with Crippen molar-refractivity contribution in [2.24, 2.45) is 5.92 Å². The molecule has 0 unspecified atom stereocenters. The maximum atomic E-state index is 9.84. The van der Waals surface area contributed by atoms with Gasteiger partial charge in [-0.25, -0.2) is 0 Å². The van der Waals surface area contributed by atoms with Crippen LogP contribution in [0.2, 0.25) is 0 Å². The van der Waals surface area contributed by atoms with Crippen molar-refractivity contribution in [1.29, 1.82) is 0 Å². The van der Waals surface area contributed by atoms with Gasteiger partial charge in [0.15, 0.2) is 0 Å². The van der Waals surface area contributed by atoms with Crippen LogP contribution in [0.5, 0.6) is 0 Å². The highest BCUT2D eigenvalue weighted by Gasteiger charge is 2.41. The lowest BCUT2D eigenvalue weighted by Gasteiger charge is -2.33. The second kappa shape index (κ2) is 4.17. The van der Waals surface area contributed by atoms with Crippen molar-refractivity contribution >= 4 is 0 Å². The first kappa shape index (κ1) is 10.3. The van der Waals surface area contributed by atoms with Crippen LogP contribution in [-0.2, 0) is 11.3 Å². The molecule has 2 aliphatic heterocycles. The first-order valence-corrected chi connectivity index (χ1v) is 5.89. The summed E-state index contributed by atoms with van der Waals surface area (Å²) in [5.41, 5.74) is 1.33. The minimum absolute atomic E-state index is 0.0301.